The molecule has 4 rings (SSSR count). The maximum Gasteiger partial charge on any atom is 0.258 e. The summed E-state index contributed by atoms with van der Waals surface area (Å²) in [6.07, 6.45) is 6.54. The third kappa shape index (κ3) is 4.85. The highest BCUT2D eigenvalue weighted by molar-refractivity contribution is 6.05. The van der Waals surface area contributed by atoms with Crippen LogP contribution in [0.5, 0.6) is 0 Å². The van der Waals surface area contributed by atoms with Crippen molar-refractivity contribution in [2.45, 2.75) is 6.54 Å². The molecular formula is C21H22N6O2. The van der Waals surface area contributed by atoms with E-state index in [1.807, 2.05) is 36.4 Å². The van der Waals surface area contributed by atoms with E-state index in [0.29, 0.717) is 31.3 Å². The number of carbonyl (C=O) groups is 1. The zero-order valence-corrected chi connectivity index (χ0v) is 15.9. The average Bonchev–Trinajstić information content (AvgIpc) is 2.80. The van der Waals surface area contributed by atoms with Crippen molar-refractivity contribution in [3.05, 3.63) is 72.3 Å². The summed E-state index contributed by atoms with van der Waals surface area (Å²) in [6, 6.07) is 11.6. The number of amides is 1. The third-order valence-corrected chi connectivity index (χ3v) is 4.59. The molecule has 0 unspecified atom stereocenters. The highest BCUT2D eigenvalue weighted by Crippen LogP contribution is 2.26. The molecular weight excluding hydrogens is 368 g/mol. The summed E-state index contributed by atoms with van der Waals surface area (Å²) in [5.41, 5.74) is 3.17. The van der Waals surface area contributed by atoms with Gasteiger partial charge >= 0.3 is 0 Å². The van der Waals surface area contributed by atoms with Gasteiger partial charge in [-0.05, 0) is 23.8 Å². The van der Waals surface area contributed by atoms with Crippen molar-refractivity contribution in [3.63, 3.8) is 0 Å². The van der Waals surface area contributed by atoms with Gasteiger partial charge in [0, 0.05) is 44.4 Å². The Morgan fingerprint density at radius 3 is 2.59 bits per heavy atom. The van der Waals surface area contributed by atoms with E-state index >= 15 is 0 Å². The molecule has 0 aliphatic carbocycles. The van der Waals surface area contributed by atoms with Gasteiger partial charge in [-0.25, -0.2) is 9.97 Å². The van der Waals surface area contributed by atoms with Crippen molar-refractivity contribution in [1.82, 2.24) is 15.0 Å². The Morgan fingerprint density at radius 2 is 1.83 bits per heavy atom. The molecule has 2 N–H and O–H groups in total. The van der Waals surface area contributed by atoms with Crippen LogP contribution in [-0.4, -0.2) is 47.2 Å². The molecule has 0 atom stereocenters. The minimum atomic E-state index is -0.246. The Balaban J connectivity index is 1.40. The first-order chi connectivity index (χ1) is 14.3. The largest absolute Gasteiger partial charge is 0.378 e. The maximum atomic E-state index is 12.7. The van der Waals surface area contributed by atoms with Crippen molar-refractivity contribution in [2.24, 2.45) is 0 Å². The standard InChI is InChI=1S/C21H22N6O2/c28-20(26-18-5-1-2-6-19(18)27-8-10-29-11-9-27)17-14-24-21(25-15-17)23-13-16-4-3-7-22-12-16/h1-7,12,14-15H,8-11,13H2,(H,26,28)(H,23,24,25). The van der Waals surface area contributed by atoms with Crippen molar-refractivity contribution in [3.8, 4) is 0 Å². The van der Waals surface area contributed by atoms with Crippen LogP contribution in [0.3, 0.4) is 0 Å². The van der Waals surface area contributed by atoms with E-state index in [-0.39, 0.29) is 5.91 Å². The number of pyridine rings is 1. The molecule has 8 heteroatoms. The minimum absolute atomic E-state index is 0.246. The number of para-hydroxylation sites is 2. The van der Waals surface area contributed by atoms with Crippen LogP contribution in [0.15, 0.2) is 61.2 Å². The van der Waals surface area contributed by atoms with E-state index in [2.05, 4.69) is 30.5 Å². The summed E-state index contributed by atoms with van der Waals surface area (Å²) in [4.78, 5) is 27.4. The van der Waals surface area contributed by atoms with Gasteiger partial charge in [0.25, 0.3) is 5.91 Å². The highest BCUT2D eigenvalue weighted by Gasteiger charge is 2.16. The smallest absolute Gasteiger partial charge is 0.258 e. The summed E-state index contributed by atoms with van der Waals surface area (Å²) >= 11 is 0. The second-order valence-electron chi connectivity index (χ2n) is 6.58. The van der Waals surface area contributed by atoms with E-state index in [9.17, 15) is 4.79 Å². The Bertz CT molecular complexity index is 943. The Hall–Kier alpha value is -3.52. The van der Waals surface area contributed by atoms with E-state index in [1.54, 1.807) is 12.4 Å². The lowest BCUT2D eigenvalue weighted by Crippen LogP contribution is -2.36. The summed E-state index contributed by atoms with van der Waals surface area (Å²) in [5, 5.41) is 6.09. The van der Waals surface area contributed by atoms with Gasteiger partial charge in [0.1, 0.15) is 0 Å². The second-order valence-corrected chi connectivity index (χ2v) is 6.58. The summed E-state index contributed by atoms with van der Waals surface area (Å²) < 4.78 is 5.42. The number of nitrogens with one attached hydrogen (secondary N) is 2. The van der Waals surface area contributed by atoms with Crippen LogP contribution >= 0.6 is 0 Å². The normalized spacial score (nSPS) is 13.7. The molecule has 8 nitrogen and oxygen atoms in total. The number of ether oxygens (including phenoxy) is 1. The molecule has 0 saturated carbocycles. The fraction of sp³-hybridized carbons (Fsp3) is 0.238. The second kappa shape index (κ2) is 9.11. The number of carbonyl (C=O) groups excluding carboxylic acids is 1. The van der Waals surface area contributed by atoms with Crippen LogP contribution in [0.2, 0.25) is 0 Å². The average molecular weight is 390 g/mol. The van der Waals surface area contributed by atoms with Gasteiger partial charge in [-0.15, -0.1) is 0 Å². The van der Waals surface area contributed by atoms with Gasteiger partial charge < -0.3 is 20.3 Å². The fourth-order valence-electron chi connectivity index (χ4n) is 3.07. The number of morpholine rings is 1. The topological polar surface area (TPSA) is 92.3 Å². The zero-order chi connectivity index (χ0) is 19.9. The Kier molecular flexibility index (Phi) is 5.92. The van der Waals surface area contributed by atoms with Gasteiger partial charge in [-0.1, -0.05) is 18.2 Å². The molecule has 29 heavy (non-hydrogen) atoms. The third-order valence-electron chi connectivity index (χ3n) is 4.59. The molecule has 0 radical (unpaired) electrons. The van der Waals surface area contributed by atoms with Gasteiger partial charge in [-0.3, -0.25) is 9.78 Å². The predicted molar refractivity (Wildman–Crippen MR) is 111 cm³/mol. The molecule has 1 fully saturated rings. The first-order valence-corrected chi connectivity index (χ1v) is 9.47. The number of hydrogen-bond donors (Lipinski definition) is 2. The molecule has 3 heterocycles. The number of rotatable bonds is 6. The van der Waals surface area contributed by atoms with E-state index < -0.39 is 0 Å². The lowest BCUT2D eigenvalue weighted by molar-refractivity contribution is 0.102. The van der Waals surface area contributed by atoms with Gasteiger partial charge in [0.05, 0.1) is 30.2 Å². The van der Waals surface area contributed by atoms with Gasteiger partial charge in [-0.2, -0.15) is 0 Å². The predicted octanol–water partition coefficient (Wildman–Crippen LogP) is 2.57. The van der Waals surface area contributed by atoms with Crippen LogP contribution in [-0.2, 0) is 11.3 Å². The van der Waals surface area contributed by atoms with Crippen LogP contribution in [0, 0.1) is 0 Å². The van der Waals surface area contributed by atoms with Crippen molar-refractivity contribution >= 4 is 23.2 Å². The van der Waals surface area contributed by atoms with Crippen LogP contribution in [0.1, 0.15) is 15.9 Å². The molecule has 0 bridgehead atoms. The molecule has 1 aromatic carbocycles. The van der Waals surface area contributed by atoms with E-state index in [4.69, 9.17) is 4.74 Å². The molecule has 2 aromatic heterocycles. The van der Waals surface area contributed by atoms with Crippen molar-refractivity contribution < 1.29 is 9.53 Å². The highest BCUT2D eigenvalue weighted by atomic mass is 16.5. The Labute approximate surface area is 169 Å². The molecule has 1 aliphatic heterocycles. The number of nitrogens with zero attached hydrogens (tertiary/aromatic N) is 4. The summed E-state index contributed by atoms with van der Waals surface area (Å²) in [5.74, 6) is 0.212. The molecule has 0 spiro atoms. The number of benzene rings is 1. The SMILES string of the molecule is O=C(Nc1ccccc1N1CCOCC1)c1cnc(NCc2cccnc2)nc1. The zero-order valence-electron chi connectivity index (χ0n) is 15.9. The molecule has 3 aromatic rings. The maximum absolute atomic E-state index is 12.7. The number of aromatic nitrogens is 3. The monoisotopic (exact) mass is 390 g/mol. The van der Waals surface area contributed by atoms with Crippen LogP contribution in [0.25, 0.3) is 0 Å². The quantitative estimate of drug-likeness (QED) is 0.668. The van der Waals surface area contributed by atoms with Gasteiger partial charge in [0.15, 0.2) is 0 Å². The fourth-order valence-corrected chi connectivity index (χ4v) is 3.07. The van der Waals surface area contributed by atoms with E-state index in [1.165, 1.54) is 12.4 Å². The van der Waals surface area contributed by atoms with Gasteiger partial charge in [0.2, 0.25) is 5.95 Å². The van der Waals surface area contributed by atoms with E-state index in [0.717, 1.165) is 30.0 Å². The number of anilines is 3. The first kappa shape index (κ1) is 18.8. The lowest BCUT2D eigenvalue weighted by Gasteiger charge is -2.30. The summed E-state index contributed by atoms with van der Waals surface area (Å²) in [6.45, 7) is 3.53. The molecule has 1 aliphatic rings. The number of hydrogen-bond acceptors (Lipinski definition) is 7. The minimum Gasteiger partial charge on any atom is -0.378 e. The van der Waals surface area contributed by atoms with Crippen molar-refractivity contribution in [2.75, 3.05) is 41.8 Å². The molecule has 148 valence electrons. The van der Waals surface area contributed by atoms with Crippen LogP contribution < -0.4 is 15.5 Å². The molecule has 1 amide bonds. The molecule has 1 saturated heterocycles. The van der Waals surface area contributed by atoms with Crippen molar-refractivity contribution in [1.29, 1.82) is 0 Å². The lowest BCUT2D eigenvalue weighted by atomic mass is 10.2. The first-order valence-electron chi connectivity index (χ1n) is 9.47. The Morgan fingerprint density at radius 1 is 1.03 bits per heavy atom. The van der Waals surface area contributed by atoms with Crippen LogP contribution in [0.4, 0.5) is 17.3 Å². The summed E-state index contributed by atoms with van der Waals surface area (Å²) in [7, 11) is 0.